The molecule has 0 amide bonds. The topological polar surface area (TPSA) is 75.1 Å². The van der Waals surface area contributed by atoms with Gasteiger partial charge in [-0.25, -0.2) is 8.78 Å². The van der Waals surface area contributed by atoms with Crippen LogP contribution in [0.4, 0.5) is 8.78 Å². The second-order valence-electron chi connectivity index (χ2n) is 5.88. The zero-order valence-corrected chi connectivity index (χ0v) is 14.8. The van der Waals surface area contributed by atoms with Crippen LogP contribution in [0.5, 0.6) is 0 Å². The highest BCUT2D eigenvalue weighted by atomic mass is 32.2. The number of aromatic nitrogens is 1. The van der Waals surface area contributed by atoms with Crippen LogP contribution in [-0.2, 0) is 0 Å². The van der Waals surface area contributed by atoms with E-state index >= 15 is 0 Å². The molecule has 0 radical (unpaired) electrons. The monoisotopic (exact) mass is 370 g/mol. The lowest BCUT2D eigenvalue weighted by Gasteiger charge is -2.05. The minimum absolute atomic E-state index is 0.0461. The predicted octanol–water partition coefficient (Wildman–Crippen LogP) is 4.09. The van der Waals surface area contributed by atoms with E-state index in [9.17, 15) is 8.78 Å². The number of benzene rings is 1. The summed E-state index contributed by atoms with van der Waals surface area (Å²) in [4.78, 5) is 7.82. The summed E-state index contributed by atoms with van der Waals surface area (Å²) in [5.74, 6) is -0.806. The van der Waals surface area contributed by atoms with E-state index in [1.807, 2.05) is 6.07 Å². The van der Waals surface area contributed by atoms with Crippen molar-refractivity contribution in [1.82, 2.24) is 4.98 Å². The van der Waals surface area contributed by atoms with E-state index in [0.29, 0.717) is 21.9 Å². The van der Waals surface area contributed by atoms with Gasteiger partial charge in [0.05, 0.1) is 11.3 Å². The molecule has 26 heavy (non-hydrogen) atoms. The van der Waals surface area contributed by atoms with Crippen molar-refractivity contribution in [2.24, 2.45) is 10.7 Å². The van der Waals surface area contributed by atoms with Crippen LogP contribution in [0.2, 0.25) is 0 Å². The predicted molar refractivity (Wildman–Crippen MR) is 101 cm³/mol. The van der Waals surface area contributed by atoms with Crippen molar-refractivity contribution in [1.29, 1.82) is 5.26 Å². The molecule has 0 bridgehead atoms. The third kappa shape index (κ3) is 4.09. The normalized spacial score (nSPS) is 19.9. The highest BCUT2D eigenvalue weighted by Gasteiger charge is 2.41. The molecule has 1 aromatic heterocycles. The minimum atomic E-state index is -0.545. The first kappa shape index (κ1) is 18.1. The van der Waals surface area contributed by atoms with Gasteiger partial charge in [-0.2, -0.15) is 5.26 Å². The van der Waals surface area contributed by atoms with Gasteiger partial charge in [-0.3, -0.25) is 9.98 Å². The fourth-order valence-corrected chi connectivity index (χ4v) is 3.62. The maximum absolute atomic E-state index is 14.4. The molecule has 2 unspecified atom stereocenters. The van der Waals surface area contributed by atoms with E-state index in [1.54, 1.807) is 13.1 Å². The zero-order chi connectivity index (χ0) is 18.7. The summed E-state index contributed by atoms with van der Waals surface area (Å²) in [5.41, 5.74) is 7.30. The Kier molecular flexibility index (Phi) is 5.33. The highest BCUT2D eigenvalue weighted by Crippen LogP contribution is 2.50. The molecule has 7 heteroatoms. The molecule has 1 saturated carbocycles. The minimum Gasteiger partial charge on any atom is -0.379 e. The van der Waals surface area contributed by atoms with Crippen LogP contribution in [-0.4, -0.2) is 22.4 Å². The number of hydrogen-bond donors (Lipinski definition) is 1. The average Bonchev–Trinajstić information content (AvgIpc) is 3.41. The number of hydrogen-bond acceptors (Lipinski definition) is 4. The number of nitrogens with two attached hydrogens (primary N) is 1. The molecule has 2 atom stereocenters. The van der Waals surface area contributed by atoms with E-state index in [2.05, 4.69) is 9.98 Å². The van der Waals surface area contributed by atoms with Crippen LogP contribution in [0.15, 0.2) is 41.5 Å². The summed E-state index contributed by atoms with van der Waals surface area (Å²) in [6.07, 6.45) is 3.43. The lowest BCUT2D eigenvalue weighted by Crippen LogP contribution is -2.07. The quantitative estimate of drug-likeness (QED) is 0.650. The summed E-state index contributed by atoms with van der Waals surface area (Å²) in [6.45, 7) is 0. The van der Waals surface area contributed by atoms with Gasteiger partial charge < -0.3 is 5.73 Å². The van der Waals surface area contributed by atoms with Gasteiger partial charge in [0, 0.05) is 24.4 Å². The Hall–Kier alpha value is -2.72. The Bertz CT molecular complexity index is 916. The molecule has 1 heterocycles. The molecule has 0 spiro atoms. The van der Waals surface area contributed by atoms with Gasteiger partial charge in [0.2, 0.25) is 0 Å². The van der Waals surface area contributed by atoms with Gasteiger partial charge >= 0.3 is 0 Å². The van der Waals surface area contributed by atoms with Crippen LogP contribution in [0.25, 0.3) is 11.9 Å². The summed E-state index contributed by atoms with van der Waals surface area (Å²) in [5, 5.41) is 9.43. The molecule has 2 N–H and O–H groups in total. The maximum atomic E-state index is 14.4. The fourth-order valence-electron chi connectivity index (χ4n) is 2.59. The number of thioether (sulfide) groups is 1. The molecule has 1 aromatic carbocycles. The van der Waals surface area contributed by atoms with Crippen LogP contribution in [0.3, 0.4) is 0 Å². The van der Waals surface area contributed by atoms with Crippen LogP contribution in [0, 0.1) is 17.1 Å². The van der Waals surface area contributed by atoms with Crippen LogP contribution in [0.1, 0.15) is 34.7 Å². The van der Waals surface area contributed by atoms with Crippen molar-refractivity contribution in [3.63, 3.8) is 0 Å². The van der Waals surface area contributed by atoms with E-state index in [0.717, 1.165) is 6.42 Å². The Balaban J connectivity index is 1.80. The number of halogens is 2. The fraction of sp³-hybridized carbons (Fsp3) is 0.211. The first-order valence-electron chi connectivity index (χ1n) is 7.94. The Morgan fingerprint density at radius 3 is 2.88 bits per heavy atom. The van der Waals surface area contributed by atoms with E-state index in [-0.39, 0.29) is 22.7 Å². The van der Waals surface area contributed by atoms with Crippen molar-refractivity contribution in [2.75, 3.05) is 7.05 Å². The lowest BCUT2D eigenvalue weighted by molar-refractivity contribution is 0.611. The molecule has 0 aliphatic heterocycles. The van der Waals surface area contributed by atoms with Gasteiger partial charge in [-0.15, -0.1) is 0 Å². The second kappa shape index (κ2) is 7.67. The van der Waals surface area contributed by atoms with Crippen molar-refractivity contribution in [3.05, 3.63) is 64.7 Å². The van der Waals surface area contributed by atoms with Gasteiger partial charge in [-0.1, -0.05) is 17.8 Å². The summed E-state index contributed by atoms with van der Waals surface area (Å²) in [7, 11) is 1.62. The maximum Gasteiger partial charge on any atom is 0.153 e. The summed E-state index contributed by atoms with van der Waals surface area (Å²) in [6, 6.07) is 9.39. The molecule has 1 aliphatic carbocycles. The smallest absolute Gasteiger partial charge is 0.153 e. The SMILES string of the molecule is CN=C(N)SC1CC1c1cc(/C=C(\F)c2ccc(C#N)cn2)ccc1F. The largest absolute Gasteiger partial charge is 0.379 e. The number of rotatable bonds is 4. The number of nitrogens with zero attached hydrogens (tertiary/aromatic N) is 3. The van der Waals surface area contributed by atoms with Gasteiger partial charge in [-0.05, 0) is 47.9 Å². The number of nitriles is 1. The molecular weight excluding hydrogens is 354 g/mol. The highest BCUT2D eigenvalue weighted by molar-refractivity contribution is 8.14. The number of amidine groups is 1. The second-order valence-corrected chi connectivity index (χ2v) is 7.14. The standard InChI is InChI=1S/C19H16F2N4S/c1-24-19(23)26-18-8-14(18)13-6-11(2-4-15(13)20)7-16(21)17-5-3-12(9-22)10-25-17/h2-7,10,14,18H,8H2,1H3,(H2,23,24)/b16-7-. The molecule has 0 saturated heterocycles. The van der Waals surface area contributed by atoms with Gasteiger partial charge in [0.25, 0.3) is 0 Å². The van der Waals surface area contributed by atoms with Gasteiger partial charge in [0.1, 0.15) is 17.7 Å². The zero-order valence-electron chi connectivity index (χ0n) is 14.0. The van der Waals surface area contributed by atoms with Gasteiger partial charge in [0.15, 0.2) is 5.17 Å². The molecular formula is C19H16F2N4S. The third-order valence-corrected chi connectivity index (χ3v) is 5.32. The van der Waals surface area contributed by atoms with Crippen molar-refractivity contribution in [3.8, 4) is 6.07 Å². The first-order chi connectivity index (χ1) is 12.5. The lowest BCUT2D eigenvalue weighted by atomic mass is 10.1. The van der Waals surface area contributed by atoms with E-state index < -0.39 is 5.83 Å². The summed E-state index contributed by atoms with van der Waals surface area (Å²) < 4.78 is 28.6. The molecule has 2 aromatic rings. The Labute approximate surface area is 154 Å². The Morgan fingerprint density at radius 2 is 2.23 bits per heavy atom. The number of pyridine rings is 1. The molecule has 1 fully saturated rings. The summed E-state index contributed by atoms with van der Waals surface area (Å²) >= 11 is 1.43. The van der Waals surface area contributed by atoms with Crippen LogP contribution >= 0.6 is 11.8 Å². The third-order valence-electron chi connectivity index (χ3n) is 4.07. The average molecular weight is 370 g/mol. The van der Waals surface area contributed by atoms with Crippen molar-refractivity contribution < 1.29 is 8.78 Å². The molecule has 3 rings (SSSR count). The van der Waals surface area contributed by atoms with Crippen LogP contribution < -0.4 is 5.73 Å². The van der Waals surface area contributed by atoms with Crippen molar-refractivity contribution in [2.45, 2.75) is 17.6 Å². The molecule has 1 aliphatic rings. The number of aliphatic imine (C=N–C) groups is 1. The Morgan fingerprint density at radius 1 is 1.42 bits per heavy atom. The molecule has 132 valence electrons. The van der Waals surface area contributed by atoms with E-state index in [4.69, 9.17) is 11.0 Å². The van der Waals surface area contributed by atoms with E-state index in [1.165, 1.54) is 48.3 Å². The molecule has 4 nitrogen and oxygen atoms in total. The first-order valence-corrected chi connectivity index (χ1v) is 8.82. The van der Waals surface area contributed by atoms with Crippen molar-refractivity contribution >= 4 is 28.8 Å².